The lowest BCUT2D eigenvalue weighted by molar-refractivity contribution is 0.185. The first-order chi connectivity index (χ1) is 9.48. The summed E-state index contributed by atoms with van der Waals surface area (Å²) in [5, 5.41) is 2.95. The Hall–Kier alpha value is -1.60. The van der Waals surface area contributed by atoms with Gasteiger partial charge in [-0.2, -0.15) is 0 Å². The van der Waals surface area contributed by atoms with E-state index in [1.165, 1.54) is 0 Å². The molecule has 0 amide bonds. The molecule has 20 heavy (non-hydrogen) atoms. The highest BCUT2D eigenvalue weighted by molar-refractivity contribution is 7.91. The number of aliphatic imine (C=N–C) groups is 1. The van der Waals surface area contributed by atoms with Gasteiger partial charge in [-0.3, -0.25) is 4.99 Å². The molecular formula is C13H21N3O3S. The third kappa shape index (κ3) is 5.58. The first-order valence-corrected chi connectivity index (χ1v) is 8.15. The highest BCUT2D eigenvalue weighted by Crippen LogP contribution is 2.15. The zero-order valence-corrected chi connectivity index (χ0v) is 12.6. The van der Waals surface area contributed by atoms with Gasteiger partial charge in [0.1, 0.15) is 0 Å². The molecule has 0 saturated carbocycles. The van der Waals surface area contributed by atoms with Gasteiger partial charge in [-0.25, -0.2) is 8.42 Å². The van der Waals surface area contributed by atoms with Gasteiger partial charge in [-0.05, 0) is 6.07 Å². The first kappa shape index (κ1) is 16.5. The van der Waals surface area contributed by atoms with Gasteiger partial charge >= 0.3 is 0 Å². The van der Waals surface area contributed by atoms with E-state index in [0.717, 1.165) is 11.3 Å². The van der Waals surface area contributed by atoms with Crippen molar-refractivity contribution in [3.8, 4) is 0 Å². The van der Waals surface area contributed by atoms with Crippen LogP contribution in [-0.4, -0.2) is 39.5 Å². The van der Waals surface area contributed by atoms with Gasteiger partial charge in [0, 0.05) is 24.1 Å². The summed E-state index contributed by atoms with van der Waals surface area (Å²) in [5.41, 5.74) is 7.50. The molecule has 0 aliphatic carbocycles. The van der Waals surface area contributed by atoms with Gasteiger partial charge in [0.2, 0.25) is 0 Å². The lowest BCUT2D eigenvalue weighted by Crippen LogP contribution is -2.24. The Morgan fingerprint density at radius 3 is 2.75 bits per heavy atom. The van der Waals surface area contributed by atoms with E-state index in [9.17, 15) is 8.42 Å². The second-order valence-electron chi connectivity index (χ2n) is 4.22. The van der Waals surface area contributed by atoms with Crippen molar-refractivity contribution in [2.45, 2.75) is 13.5 Å². The van der Waals surface area contributed by atoms with Crippen molar-refractivity contribution in [1.82, 2.24) is 0 Å². The van der Waals surface area contributed by atoms with E-state index in [1.54, 1.807) is 14.0 Å². The number of sulfone groups is 1. The SMILES string of the molecule is CCS(=O)(=O)CCN=C(N)Nc1ccccc1COC. The highest BCUT2D eigenvalue weighted by atomic mass is 32.2. The number of benzene rings is 1. The second kappa shape index (κ2) is 7.86. The Morgan fingerprint density at radius 1 is 1.40 bits per heavy atom. The van der Waals surface area contributed by atoms with Crippen molar-refractivity contribution in [2.24, 2.45) is 10.7 Å². The zero-order valence-electron chi connectivity index (χ0n) is 11.8. The average Bonchev–Trinajstić information content (AvgIpc) is 2.41. The van der Waals surface area contributed by atoms with Gasteiger partial charge in [0.15, 0.2) is 15.8 Å². The molecule has 0 atom stereocenters. The van der Waals surface area contributed by atoms with E-state index in [0.29, 0.717) is 6.61 Å². The van der Waals surface area contributed by atoms with Gasteiger partial charge in [-0.1, -0.05) is 25.1 Å². The molecule has 6 nitrogen and oxygen atoms in total. The molecule has 0 heterocycles. The van der Waals surface area contributed by atoms with E-state index < -0.39 is 9.84 Å². The van der Waals surface area contributed by atoms with Crippen LogP contribution in [0.25, 0.3) is 0 Å². The molecule has 1 aromatic carbocycles. The van der Waals surface area contributed by atoms with E-state index >= 15 is 0 Å². The van der Waals surface area contributed by atoms with Gasteiger partial charge in [0.05, 0.1) is 18.9 Å². The van der Waals surface area contributed by atoms with Crippen LogP contribution in [0, 0.1) is 0 Å². The molecule has 1 aromatic rings. The van der Waals surface area contributed by atoms with Crippen LogP contribution in [0.5, 0.6) is 0 Å². The summed E-state index contributed by atoms with van der Waals surface area (Å²) >= 11 is 0. The smallest absolute Gasteiger partial charge is 0.193 e. The summed E-state index contributed by atoms with van der Waals surface area (Å²) < 4.78 is 27.8. The minimum Gasteiger partial charge on any atom is -0.380 e. The Bertz CT molecular complexity index is 556. The molecule has 0 spiro atoms. The predicted molar refractivity (Wildman–Crippen MR) is 81.6 cm³/mol. The molecule has 0 aliphatic rings. The van der Waals surface area contributed by atoms with Crippen molar-refractivity contribution in [3.05, 3.63) is 29.8 Å². The maximum atomic E-state index is 11.3. The summed E-state index contributed by atoms with van der Waals surface area (Å²) in [6.07, 6.45) is 0. The Morgan fingerprint density at radius 2 is 2.10 bits per heavy atom. The first-order valence-electron chi connectivity index (χ1n) is 6.32. The van der Waals surface area contributed by atoms with E-state index in [-0.39, 0.29) is 24.0 Å². The number of nitrogens with one attached hydrogen (secondary N) is 1. The van der Waals surface area contributed by atoms with Crippen LogP contribution in [-0.2, 0) is 21.2 Å². The molecule has 1 rings (SSSR count). The number of ether oxygens (including phenoxy) is 1. The minimum absolute atomic E-state index is 0.00555. The maximum Gasteiger partial charge on any atom is 0.193 e. The van der Waals surface area contributed by atoms with E-state index in [2.05, 4.69) is 10.3 Å². The standard InChI is InChI=1S/C13H21N3O3S/c1-3-20(17,18)9-8-15-13(14)16-12-7-5-4-6-11(12)10-19-2/h4-7H,3,8-10H2,1-2H3,(H3,14,15,16). The zero-order chi connectivity index (χ0) is 15.0. The molecule has 3 N–H and O–H groups in total. The molecule has 112 valence electrons. The second-order valence-corrected chi connectivity index (χ2v) is 6.69. The third-order valence-electron chi connectivity index (χ3n) is 2.70. The van der Waals surface area contributed by atoms with Gasteiger partial charge in [0.25, 0.3) is 0 Å². The van der Waals surface area contributed by atoms with Crippen molar-refractivity contribution < 1.29 is 13.2 Å². The van der Waals surface area contributed by atoms with E-state index in [1.807, 2.05) is 24.3 Å². The quantitative estimate of drug-likeness (QED) is 0.578. The largest absolute Gasteiger partial charge is 0.380 e. The van der Waals surface area contributed by atoms with Crippen LogP contribution in [0.4, 0.5) is 5.69 Å². The third-order valence-corrected chi connectivity index (χ3v) is 4.39. The minimum atomic E-state index is -3.02. The summed E-state index contributed by atoms with van der Waals surface area (Å²) in [5.74, 6) is 0.317. The summed E-state index contributed by atoms with van der Waals surface area (Å²) in [6, 6.07) is 7.55. The normalized spacial score (nSPS) is 12.4. The molecule has 0 fully saturated rings. The van der Waals surface area contributed by atoms with Crippen molar-refractivity contribution in [1.29, 1.82) is 0 Å². The van der Waals surface area contributed by atoms with Crippen LogP contribution in [0.3, 0.4) is 0 Å². The molecule has 0 aromatic heterocycles. The number of nitrogens with zero attached hydrogens (tertiary/aromatic N) is 1. The predicted octanol–water partition coefficient (Wildman–Crippen LogP) is 0.994. The van der Waals surface area contributed by atoms with E-state index in [4.69, 9.17) is 10.5 Å². The van der Waals surface area contributed by atoms with Crippen molar-refractivity contribution in [3.63, 3.8) is 0 Å². The lowest BCUT2D eigenvalue weighted by atomic mass is 10.2. The monoisotopic (exact) mass is 299 g/mol. The van der Waals surface area contributed by atoms with Crippen molar-refractivity contribution in [2.75, 3.05) is 30.5 Å². The molecule has 7 heteroatoms. The van der Waals surface area contributed by atoms with Gasteiger partial charge in [-0.15, -0.1) is 0 Å². The number of hydrogen-bond donors (Lipinski definition) is 2. The Balaban J connectivity index is 2.64. The molecular weight excluding hydrogens is 278 g/mol. The van der Waals surface area contributed by atoms with Gasteiger partial charge < -0.3 is 15.8 Å². The fourth-order valence-corrected chi connectivity index (χ4v) is 2.21. The Kier molecular flexibility index (Phi) is 6.47. The number of hydrogen-bond acceptors (Lipinski definition) is 4. The molecule has 0 radical (unpaired) electrons. The topological polar surface area (TPSA) is 93.8 Å². The number of guanidine groups is 1. The molecule has 0 saturated heterocycles. The summed E-state index contributed by atoms with van der Waals surface area (Å²) in [7, 11) is -1.40. The number of rotatable bonds is 7. The van der Waals surface area contributed by atoms with Crippen LogP contribution in [0.2, 0.25) is 0 Å². The number of methoxy groups -OCH3 is 1. The number of anilines is 1. The van der Waals surface area contributed by atoms with Crippen molar-refractivity contribution >= 4 is 21.5 Å². The van der Waals surface area contributed by atoms with Crippen LogP contribution in [0.1, 0.15) is 12.5 Å². The highest BCUT2D eigenvalue weighted by Gasteiger charge is 2.06. The summed E-state index contributed by atoms with van der Waals surface area (Å²) in [4.78, 5) is 4.02. The molecule has 0 bridgehead atoms. The average molecular weight is 299 g/mol. The van der Waals surface area contributed by atoms with Crippen LogP contribution >= 0.6 is 0 Å². The maximum absolute atomic E-state index is 11.3. The number of nitrogens with two attached hydrogens (primary N) is 1. The molecule has 0 unspecified atom stereocenters. The summed E-state index contributed by atoms with van der Waals surface area (Å²) in [6.45, 7) is 2.23. The van der Waals surface area contributed by atoms with Crippen LogP contribution < -0.4 is 11.1 Å². The lowest BCUT2D eigenvalue weighted by Gasteiger charge is -2.10. The Labute approximate surface area is 120 Å². The van der Waals surface area contributed by atoms with Crippen LogP contribution in [0.15, 0.2) is 29.3 Å². The molecule has 0 aliphatic heterocycles. The fourth-order valence-electron chi connectivity index (χ4n) is 1.55. The number of para-hydroxylation sites is 1. The fraction of sp³-hybridized carbons (Fsp3) is 0.462.